The molecule has 90 valence electrons. The van der Waals surface area contributed by atoms with Gasteiger partial charge in [0.1, 0.15) is 0 Å². The summed E-state index contributed by atoms with van der Waals surface area (Å²) in [6, 6.07) is 6.04. The molecule has 0 saturated carbocycles. The monoisotopic (exact) mass is 367 g/mol. The Kier molecular flexibility index (Phi) is 6.34. The van der Waals surface area contributed by atoms with Crippen molar-refractivity contribution < 1.29 is 0 Å². The second kappa shape index (κ2) is 7.00. The van der Waals surface area contributed by atoms with Gasteiger partial charge in [-0.15, -0.1) is 0 Å². The summed E-state index contributed by atoms with van der Waals surface area (Å²) in [5.41, 5.74) is 1.18. The first-order chi connectivity index (χ1) is 7.49. The van der Waals surface area contributed by atoms with E-state index in [-0.39, 0.29) is 0 Å². The van der Waals surface area contributed by atoms with Crippen LogP contribution in [0.1, 0.15) is 18.9 Å². The average Bonchev–Trinajstić information content (AvgIpc) is 2.19. The highest BCUT2D eigenvalue weighted by atomic mass is 79.9. The lowest BCUT2D eigenvalue weighted by Crippen LogP contribution is -2.20. The van der Waals surface area contributed by atoms with Gasteiger partial charge >= 0.3 is 0 Å². The number of benzene rings is 1. The maximum absolute atomic E-state index is 6.17. The van der Waals surface area contributed by atoms with Crippen molar-refractivity contribution in [3.05, 3.63) is 33.3 Å². The van der Waals surface area contributed by atoms with Crippen molar-refractivity contribution in [3.8, 4) is 0 Å². The smallest absolute Gasteiger partial charge is 0.0462 e. The molecule has 0 aliphatic carbocycles. The van der Waals surface area contributed by atoms with Crippen LogP contribution in [0.2, 0.25) is 5.02 Å². The zero-order chi connectivity index (χ0) is 12.1. The van der Waals surface area contributed by atoms with Crippen molar-refractivity contribution in [2.24, 2.45) is 0 Å². The van der Waals surface area contributed by atoms with Crippen LogP contribution in [0.15, 0.2) is 22.7 Å². The minimum absolute atomic E-state index is 0.565. The molecule has 0 aliphatic heterocycles. The summed E-state index contributed by atoms with van der Waals surface area (Å²) in [5, 5.41) is 0.827. The number of alkyl halides is 1. The van der Waals surface area contributed by atoms with Crippen LogP contribution >= 0.6 is 43.5 Å². The summed E-state index contributed by atoms with van der Waals surface area (Å²) in [5.74, 6) is 0. The van der Waals surface area contributed by atoms with Gasteiger partial charge in [0, 0.05) is 20.9 Å². The first-order valence-electron chi connectivity index (χ1n) is 5.25. The van der Waals surface area contributed by atoms with Gasteiger partial charge in [0.05, 0.1) is 0 Å². The molecule has 1 aromatic carbocycles. The van der Waals surface area contributed by atoms with E-state index in [1.807, 2.05) is 12.1 Å². The molecule has 1 rings (SSSR count). The molecule has 0 N–H and O–H groups in total. The van der Waals surface area contributed by atoms with Crippen LogP contribution < -0.4 is 0 Å². The molecule has 16 heavy (non-hydrogen) atoms. The van der Waals surface area contributed by atoms with E-state index in [1.165, 1.54) is 5.56 Å². The largest absolute Gasteiger partial charge is 0.302 e. The topological polar surface area (TPSA) is 3.24 Å². The predicted molar refractivity (Wildman–Crippen MR) is 78.5 cm³/mol. The molecule has 1 nitrogen and oxygen atoms in total. The van der Waals surface area contributed by atoms with Crippen LogP contribution in [0.4, 0.5) is 0 Å². The van der Waals surface area contributed by atoms with Gasteiger partial charge in [0.15, 0.2) is 0 Å². The lowest BCUT2D eigenvalue weighted by Gasteiger charge is -2.18. The van der Waals surface area contributed by atoms with Gasteiger partial charge in [0.25, 0.3) is 0 Å². The highest BCUT2D eigenvalue weighted by molar-refractivity contribution is 9.10. The zero-order valence-corrected chi connectivity index (χ0v) is 13.4. The molecular formula is C12H16Br2ClN. The molecule has 0 bridgehead atoms. The van der Waals surface area contributed by atoms with Gasteiger partial charge in [-0.05, 0) is 37.7 Å². The molecule has 1 atom stereocenters. The molecule has 1 unspecified atom stereocenters. The van der Waals surface area contributed by atoms with Crippen molar-refractivity contribution in [2.75, 3.05) is 13.6 Å². The van der Waals surface area contributed by atoms with Crippen LogP contribution in [0.5, 0.6) is 0 Å². The Balaban J connectivity index is 2.52. The second-order valence-corrected chi connectivity index (χ2v) is 6.93. The molecular weight excluding hydrogens is 353 g/mol. The minimum atomic E-state index is 0.565. The molecule has 0 radical (unpaired) electrons. The van der Waals surface area contributed by atoms with Gasteiger partial charge in [-0.1, -0.05) is 56.5 Å². The first-order valence-corrected chi connectivity index (χ1v) is 7.34. The quantitative estimate of drug-likeness (QED) is 0.680. The molecule has 1 aromatic rings. The highest BCUT2D eigenvalue weighted by Gasteiger charge is 2.06. The van der Waals surface area contributed by atoms with Crippen LogP contribution in [-0.2, 0) is 6.54 Å². The Bertz CT molecular complexity index is 342. The number of halogens is 3. The van der Waals surface area contributed by atoms with Gasteiger partial charge in [-0.3, -0.25) is 0 Å². The maximum Gasteiger partial charge on any atom is 0.0462 e. The second-order valence-electron chi connectivity index (χ2n) is 4.04. The Morgan fingerprint density at radius 1 is 1.44 bits per heavy atom. The summed E-state index contributed by atoms with van der Waals surface area (Å²) in [6.07, 6.45) is 1.14. The fourth-order valence-electron chi connectivity index (χ4n) is 1.42. The van der Waals surface area contributed by atoms with E-state index in [0.29, 0.717) is 4.83 Å². The van der Waals surface area contributed by atoms with E-state index in [0.717, 1.165) is 29.0 Å². The van der Waals surface area contributed by atoms with E-state index in [2.05, 4.69) is 56.8 Å². The zero-order valence-electron chi connectivity index (χ0n) is 9.51. The van der Waals surface area contributed by atoms with E-state index in [4.69, 9.17) is 11.6 Å². The number of rotatable bonds is 5. The Morgan fingerprint density at radius 2 is 2.12 bits per heavy atom. The maximum atomic E-state index is 6.17. The van der Waals surface area contributed by atoms with E-state index >= 15 is 0 Å². The van der Waals surface area contributed by atoms with Crippen LogP contribution in [0.25, 0.3) is 0 Å². The van der Waals surface area contributed by atoms with E-state index in [9.17, 15) is 0 Å². The standard InChI is InChI=1S/C12H16Br2ClN/c1-9(13)5-6-16(2)8-10-3-4-11(14)7-12(10)15/h3-4,7,9H,5-6,8H2,1-2H3. The fraction of sp³-hybridized carbons (Fsp3) is 0.500. The number of nitrogens with zero attached hydrogens (tertiary/aromatic N) is 1. The van der Waals surface area contributed by atoms with Crippen LogP contribution in [0, 0.1) is 0 Å². The molecule has 0 amide bonds. The number of hydrogen-bond donors (Lipinski definition) is 0. The van der Waals surface area contributed by atoms with E-state index in [1.54, 1.807) is 0 Å². The third-order valence-corrected chi connectivity index (χ3v) is 3.67. The summed E-state index contributed by atoms with van der Waals surface area (Å²) in [7, 11) is 2.12. The molecule has 0 aliphatic rings. The van der Waals surface area contributed by atoms with Crippen LogP contribution in [-0.4, -0.2) is 23.3 Å². The Morgan fingerprint density at radius 3 is 2.69 bits per heavy atom. The van der Waals surface area contributed by atoms with Crippen molar-refractivity contribution in [2.45, 2.75) is 24.7 Å². The van der Waals surface area contributed by atoms with Crippen molar-refractivity contribution in [3.63, 3.8) is 0 Å². The SMILES string of the molecule is CC(Br)CCN(C)Cc1ccc(Br)cc1Cl. The third kappa shape index (κ3) is 5.17. The lowest BCUT2D eigenvalue weighted by molar-refractivity contribution is 0.323. The van der Waals surface area contributed by atoms with Crippen LogP contribution in [0.3, 0.4) is 0 Å². The van der Waals surface area contributed by atoms with Gasteiger partial charge in [0.2, 0.25) is 0 Å². The summed E-state index contributed by atoms with van der Waals surface area (Å²) in [6.45, 7) is 4.13. The van der Waals surface area contributed by atoms with Gasteiger partial charge < -0.3 is 4.90 Å². The predicted octanol–water partition coefficient (Wildman–Crippen LogP) is 4.71. The number of hydrogen-bond acceptors (Lipinski definition) is 1. The van der Waals surface area contributed by atoms with E-state index < -0.39 is 0 Å². The van der Waals surface area contributed by atoms with Crippen molar-refractivity contribution in [1.82, 2.24) is 4.90 Å². The summed E-state index contributed by atoms with van der Waals surface area (Å²) in [4.78, 5) is 2.85. The Hall–Kier alpha value is 0.430. The molecule has 0 spiro atoms. The molecule has 0 heterocycles. The van der Waals surface area contributed by atoms with Crippen molar-refractivity contribution >= 4 is 43.5 Å². The summed E-state index contributed by atoms with van der Waals surface area (Å²) < 4.78 is 1.03. The van der Waals surface area contributed by atoms with Gasteiger partial charge in [-0.25, -0.2) is 0 Å². The molecule has 0 saturated heterocycles. The fourth-order valence-corrected chi connectivity index (χ4v) is 2.36. The molecule has 4 heteroatoms. The summed E-state index contributed by atoms with van der Waals surface area (Å²) >= 11 is 13.1. The highest BCUT2D eigenvalue weighted by Crippen LogP contribution is 2.22. The first kappa shape index (κ1) is 14.5. The van der Waals surface area contributed by atoms with Crippen molar-refractivity contribution in [1.29, 1.82) is 0 Å². The van der Waals surface area contributed by atoms with Gasteiger partial charge in [-0.2, -0.15) is 0 Å². The minimum Gasteiger partial charge on any atom is -0.302 e. The third-order valence-electron chi connectivity index (χ3n) is 2.36. The average molecular weight is 370 g/mol. The molecule has 0 fully saturated rings. The lowest BCUT2D eigenvalue weighted by atomic mass is 10.2. The normalized spacial score (nSPS) is 13.1. The Labute approximate surface area is 119 Å². The molecule has 0 aromatic heterocycles.